The van der Waals surface area contributed by atoms with Crippen LogP contribution in [0.15, 0.2) is 0 Å². The molecule has 0 aliphatic carbocycles. The SMILES string of the molecule is COCC(C)(O)C(C)(C)C. The van der Waals surface area contributed by atoms with E-state index in [1.807, 2.05) is 20.8 Å². The van der Waals surface area contributed by atoms with E-state index in [1.54, 1.807) is 14.0 Å². The molecule has 0 amide bonds. The molecular formula is C8H18O2. The molecule has 2 heteroatoms. The van der Waals surface area contributed by atoms with Crippen LogP contribution in [0.3, 0.4) is 0 Å². The van der Waals surface area contributed by atoms with Gasteiger partial charge in [0.2, 0.25) is 0 Å². The zero-order valence-corrected chi connectivity index (χ0v) is 7.56. The quantitative estimate of drug-likeness (QED) is 0.638. The third kappa shape index (κ3) is 2.27. The van der Waals surface area contributed by atoms with E-state index in [1.165, 1.54) is 0 Å². The summed E-state index contributed by atoms with van der Waals surface area (Å²) in [6.45, 7) is 8.15. The molecule has 0 bridgehead atoms. The number of hydrogen-bond acceptors (Lipinski definition) is 2. The summed E-state index contributed by atoms with van der Waals surface area (Å²) in [7, 11) is 1.60. The Labute approximate surface area is 63.2 Å². The van der Waals surface area contributed by atoms with E-state index >= 15 is 0 Å². The Balaban J connectivity index is 4.10. The molecule has 1 unspecified atom stereocenters. The predicted molar refractivity (Wildman–Crippen MR) is 42.0 cm³/mol. The fraction of sp³-hybridized carbons (Fsp3) is 1.00. The first-order valence-corrected chi connectivity index (χ1v) is 3.52. The fourth-order valence-electron chi connectivity index (χ4n) is 0.498. The number of hydrogen-bond donors (Lipinski definition) is 1. The molecule has 0 aromatic heterocycles. The summed E-state index contributed by atoms with van der Waals surface area (Å²) in [5, 5.41) is 9.73. The zero-order chi connectivity index (χ0) is 8.41. The van der Waals surface area contributed by atoms with Crippen molar-refractivity contribution in [2.24, 2.45) is 5.41 Å². The molecule has 10 heavy (non-hydrogen) atoms. The smallest absolute Gasteiger partial charge is 0.0899 e. The Morgan fingerprint density at radius 3 is 1.70 bits per heavy atom. The molecule has 0 saturated heterocycles. The summed E-state index contributed by atoms with van der Waals surface area (Å²) < 4.78 is 4.88. The van der Waals surface area contributed by atoms with Gasteiger partial charge in [-0.1, -0.05) is 20.8 Å². The third-order valence-electron chi connectivity index (χ3n) is 2.04. The molecule has 62 valence electrons. The van der Waals surface area contributed by atoms with Crippen molar-refractivity contribution in [3.63, 3.8) is 0 Å². The van der Waals surface area contributed by atoms with Gasteiger partial charge < -0.3 is 9.84 Å². The second kappa shape index (κ2) is 2.89. The second-order valence-corrected chi connectivity index (χ2v) is 3.96. The fourth-order valence-corrected chi connectivity index (χ4v) is 0.498. The largest absolute Gasteiger partial charge is 0.387 e. The molecule has 0 aromatic rings. The van der Waals surface area contributed by atoms with E-state index in [9.17, 15) is 5.11 Å². The number of aliphatic hydroxyl groups is 1. The minimum atomic E-state index is -0.734. The Kier molecular flexibility index (Phi) is 2.86. The molecule has 0 fully saturated rings. The van der Waals surface area contributed by atoms with Crippen molar-refractivity contribution in [1.82, 2.24) is 0 Å². The van der Waals surface area contributed by atoms with Crippen molar-refractivity contribution < 1.29 is 9.84 Å². The van der Waals surface area contributed by atoms with Gasteiger partial charge in [-0.2, -0.15) is 0 Å². The van der Waals surface area contributed by atoms with E-state index in [0.717, 1.165) is 0 Å². The third-order valence-corrected chi connectivity index (χ3v) is 2.04. The topological polar surface area (TPSA) is 29.5 Å². The van der Waals surface area contributed by atoms with Crippen LogP contribution in [-0.2, 0) is 4.74 Å². The average molecular weight is 146 g/mol. The Morgan fingerprint density at radius 1 is 1.20 bits per heavy atom. The molecule has 0 aliphatic rings. The monoisotopic (exact) mass is 146 g/mol. The van der Waals surface area contributed by atoms with E-state index < -0.39 is 5.60 Å². The number of methoxy groups -OCH3 is 1. The first-order chi connectivity index (χ1) is 4.31. The van der Waals surface area contributed by atoms with Gasteiger partial charge in [-0.3, -0.25) is 0 Å². The van der Waals surface area contributed by atoms with Crippen molar-refractivity contribution in [3.05, 3.63) is 0 Å². The predicted octanol–water partition coefficient (Wildman–Crippen LogP) is 1.43. The summed E-state index contributed by atoms with van der Waals surface area (Å²) in [5.41, 5.74) is -0.856. The standard InChI is InChI=1S/C8H18O2/c1-7(2,3)8(4,9)6-10-5/h9H,6H2,1-5H3. The minimum absolute atomic E-state index is 0.122. The van der Waals surface area contributed by atoms with Gasteiger partial charge >= 0.3 is 0 Å². The van der Waals surface area contributed by atoms with Crippen molar-refractivity contribution >= 4 is 0 Å². The van der Waals surface area contributed by atoms with Crippen LogP contribution in [0.2, 0.25) is 0 Å². The molecule has 0 rings (SSSR count). The highest BCUT2D eigenvalue weighted by Crippen LogP contribution is 2.29. The molecule has 2 nitrogen and oxygen atoms in total. The molecule has 1 atom stereocenters. The van der Waals surface area contributed by atoms with E-state index in [2.05, 4.69) is 0 Å². The molecule has 1 N–H and O–H groups in total. The van der Waals surface area contributed by atoms with Gasteiger partial charge in [0.25, 0.3) is 0 Å². The molecule has 0 aliphatic heterocycles. The van der Waals surface area contributed by atoms with E-state index in [4.69, 9.17) is 4.74 Å². The maximum absolute atomic E-state index is 9.73. The molecule has 0 radical (unpaired) electrons. The lowest BCUT2D eigenvalue weighted by atomic mass is 9.78. The first-order valence-electron chi connectivity index (χ1n) is 3.52. The van der Waals surface area contributed by atoms with Gasteiger partial charge in [0, 0.05) is 7.11 Å². The molecule has 0 spiro atoms. The van der Waals surface area contributed by atoms with Crippen LogP contribution in [0.1, 0.15) is 27.7 Å². The molecule has 0 heterocycles. The van der Waals surface area contributed by atoms with Crippen LogP contribution in [0.4, 0.5) is 0 Å². The van der Waals surface area contributed by atoms with Crippen LogP contribution >= 0.6 is 0 Å². The highest BCUT2D eigenvalue weighted by atomic mass is 16.5. The second-order valence-electron chi connectivity index (χ2n) is 3.96. The van der Waals surface area contributed by atoms with Crippen LogP contribution < -0.4 is 0 Å². The van der Waals surface area contributed by atoms with E-state index in [0.29, 0.717) is 6.61 Å². The lowest BCUT2D eigenvalue weighted by Crippen LogP contribution is -2.43. The van der Waals surface area contributed by atoms with Crippen molar-refractivity contribution in [3.8, 4) is 0 Å². The Morgan fingerprint density at radius 2 is 1.60 bits per heavy atom. The summed E-state index contributed by atoms with van der Waals surface area (Å²) in [4.78, 5) is 0. The van der Waals surface area contributed by atoms with Crippen molar-refractivity contribution in [2.75, 3.05) is 13.7 Å². The maximum Gasteiger partial charge on any atom is 0.0899 e. The number of ether oxygens (including phenoxy) is 1. The maximum atomic E-state index is 9.73. The van der Waals surface area contributed by atoms with Crippen molar-refractivity contribution in [2.45, 2.75) is 33.3 Å². The Hall–Kier alpha value is -0.0800. The Bertz CT molecular complexity index is 100. The summed E-state index contributed by atoms with van der Waals surface area (Å²) in [6.07, 6.45) is 0. The first kappa shape index (κ1) is 9.92. The van der Waals surface area contributed by atoms with Crippen molar-refractivity contribution in [1.29, 1.82) is 0 Å². The average Bonchev–Trinajstić information content (AvgIpc) is 1.61. The highest BCUT2D eigenvalue weighted by molar-refractivity contribution is 4.85. The summed E-state index contributed by atoms with van der Waals surface area (Å²) in [6, 6.07) is 0. The van der Waals surface area contributed by atoms with Gasteiger partial charge in [-0.05, 0) is 12.3 Å². The van der Waals surface area contributed by atoms with Crippen LogP contribution in [-0.4, -0.2) is 24.4 Å². The highest BCUT2D eigenvalue weighted by Gasteiger charge is 2.34. The van der Waals surface area contributed by atoms with Gasteiger partial charge in [0.15, 0.2) is 0 Å². The van der Waals surface area contributed by atoms with Gasteiger partial charge in [0.1, 0.15) is 0 Å². The lowest BCUT2D eigenvalue weighted by molar-refractivity contribution is -0.0902. The van der Waals surface area contributed by atoms with Crippen LogP contribution in [0.5, 0.6) is 0 Å². The molecule has 0 aromatic carbocycles. The normalized spacial score (nSPS) is 18.6. The van der Waals surface area contributed by atoms with Gasteiger partial charge in [-0.15, -0.1) is 0 Å². The van der Waals surface area contributed by atoms with Gasteiger partial charge in [0.05, 0.1) is 12.2 Å². The molecular weight excluding hydrogens is 128 g/mol. The minimum Gasteiger partial charge on any atom is -0.387 e. The molecule has 0 saturated carbocycles. The summed E-state index contributed by atoms with van der Waals surface area (Å²) >= 11 is 0. The van der Waals surface area contributed by atoms with Gasteiger partial charge in [-0.25, -0.2) is 0 Å². The van der Waals surface area contributed by atoms with Crippen LogP contribution in [0.25, 0.3) is 0 Å². The lowest BCUT2D eigenvalue weighted by Gasteiger charge is -2.36. The summed E-state index contributed by atoms with van der Waals surface area (Å²) in [5.74, 6) is 0. The zero-order valence-electron chi connectivity index (χ0n) is 7.56. The van der Waals surface area contributed by atoms with Crippen LogP contribution in [0, 0.1) is 5.41 Å². The number of rotatable bonds is 2. The van der Waals surface area contributed by atoms with E-state index in [-0.39, 0.29) is 5.41 Å².